The van der Waals surface area contributed by atoms with Crippen molar-refractivity contribution in [2.24, 2.45) is 0 Å². The van der Waals surface area contributed by atoms with Gasteiger partial charge in [-0.05, 0) is 42.2 Å². The fourth-order valence-electron chi connectivity index (χ4n) is 3.45. The van der Waals surface area contributed by atoms with Crippen LogP contribution in [0.5, 0.6) is 5.75 Å². The van der Waals surface area contributed by atoms with Crippen LogP contribution in [-0.2, 0) is 12.8 Å². The zero-order valence-electron chi connectivity index (χ0n) is 14.4. The molecule has 7 heteroatoms. The molecule has 1 aliphatic rings. The fraction of sp³-hybridized carbons (Fsp3) is 0.150. The predicted molar refractivity (Wildman–Crippen MR) is 107 cm³/mol. The molecule has 0 bridgehead atoms. The Bertz CT molecular complexity index is 1010. The smallest absolute Gasteiger partial charge is 0.141 e. The molecule has 0 saturated carbocycles. The van der Waals surface area contributed by atoms with Crippen molar-refractivity contribution in [3.8, 4) is 5.75 Å². The third-order valence-corrected chi connectivity index (χ3v) is 5.07. The van der Waals surface area contributed by atoms with Crippen LogP contribution in [0.4, 0.5) is 11.6 Å². The van der Waals surface area contributed by atoms with Gasteiger partial charge >= 0.3 is 0 Å². The molecule has 0 aliphatic heterocycles. The second kappa shape index (κ2) is 6.89. The molecule has 1 aromatic heterocycles. The first-order valence-corrected chi connectivity index (χ1v) is 8.92. The largest absolute Gasteiger partial charge is 0.508 e. The van der Waals surface area contributed by atoms with E-state index in [2.05, 4.69) is 27.4 Å². The summed E-state index contributed by atoms with van der Waals surface area (Å²) in [4.78, 5) is 8.35. The van der Waals surface area contributed by atoms with E-state index in [9.17, 15) is 5.11 Å². The van der Waals surface area contributed by atoms with E-state index < -0.39 is 0 Å². The summed E-state index contributed by atoms with van der Waals surface area (Å²) in [6, 6.07) is 12.9. The SMILES string of the molecule is N=C(c1cc(O)ccc1Cl)c1c(N)ncnc1NC1Cc2ccccc2C1. The maximum Gasteiger partial charge on any atom is 0.141 e. The number of hydrogen-bond acceptors (Lipinski definition) is 6. The van der Waals surface area contributed by atoms with Gasteiger partial charge in [0.15, 0.2) is 0 Å². The number of nitrogens with two attached hydrogens (primary N) is 1. The van der Waals surface area contributed by atoms with Gasteiger partial charge in [-0.15, -0.1) is 0 Å². The summed E-state index contributed by atoms with van der Waals surface area (Å²) < 4.78 is 0. The summed E-state index contributed by atoms with van der Waals surface area (Å²) in [5.41, 5.74) is 9.50. The lowest BCUT2D eigenvalue weighted by atomic mass is 10.0. The van der Waals surface area contributed by atoms with Gasteiger partial charge in [0.2, 0.25) is 0 Å². The van der Waals surface area contributed by atoms with E-state index in [0.717, 1.165) is 12.8 Å². The molecule has 5 N–H and O–H groups in total. The zero-order chi connectivity index (χ0) is 19.0. The molecule has 1 aliphatic carbocycles. The average Bonchev–Trinajstić information content (AvgIpc) is 3.05. The van der Waals surface area contributed by atoms with E-state index in [1.54, 1.807) is 6.07 Å². The van der Waals surface area contributed by atoms with Crippen molar-refractivity contribution in [2.75, 3.05) is 11.1 Å². The summed E-state index contributed by atoms with van der Waals surface area (Å²) in [5.74, 6) is 0.701. The molecule has 136 valence electrons. The number of nitrogens with zero attached hydrogens (tertiary/aromatic N) is 2. The molecule has 0 atom stereocenters. The predicted octanol–water partition coefficient (Wildman–Crippen LogP) is 3.41. The first kappa shape index (κ1) is 17.3. The second-order valence-electron chi connectivity index (χ2n) is 6.54. The summed E-state index contributed by atoms with van der Waals surface area (Å²) in [6.45, 7) is 0. The van der Waals surface area contributed by atoms with Gasteiger partial charge in [0.25, 0.3) is 0 Å². The van der Waals surface area contributed by atoms with E-state index in [-0.39, 0.29) is 23.3 Å². The van der Waals surface area contributed by atoms with Crippen molar-refractivity contribution in [2.45, 2.75) is 18.9 Å². The van der Waals surface area contributed by atoms with E-state index >= 15 is 0 Å². The van der Waals surface area contributed by atoms with Gasteiger partial charge in [-0.25, -0.2) is 9.97 Å². The summed E-state index contributed by atoms with van der Waals surface area (Å²) in [5, 5.41) is 22.1. The highest BCUT2D eigenvalue weighted by molar-refractivity contribution is 6.35. The number of phenols is 1. The van der Waals surface area contributed by atoms with Crippen molar-refractivity contribution in [3.05, 3.63) is 76.1 Å². The first-order valence-electron chi connectivity index (χ1n) is 8.54. The van der Waals surface area contributed by atoms with Gasteiger partial charge in [0.1, 0.15) is 23.7 Å². The summed E-state index contributed by atoms with van der Waals surface area (Å²) in [7, 11) is 0. The number of phenolic OH excluding ortho intramolecular Hbond substituents is 1. The minimum atomic E-state index is 0.0234. The lowest BCUT2D eigenvalue weighted by molar-refractivity contribution is 0.475. The first-order chi connectivity index (χ1) is 13.0. The van der Waals surface area contributed by atoms with Gasteiger partial charge in [-0.2, -0.15) is 0 Å². The van der Waals surface area contributed by atoms with Gasteiger partial charge < -0.3 is 16.2 Å². The molecule has 3 aromatic rings. The molecule has 1 heterocycles. The van der Waals surface area contributed by atoms with Crippen molar-refractivity contribution < 1.29 is 5.11 Å². The number of nitrogen functional groups attached to an aromatic ring is 1. The monoisotopic (exact) mass is 379 g/mol. The van der Waals surface area contributed by atoms with Crippen LogP contribution in [0.3, 0.4) is 0 Å². The topological polar surface area (TPSA) is 108 Å². The Morgan fingerprint density at radius 1 is 1.15 bits per heavy atom. The lowest BCUT2D eigenvalue weighted by Crippen LogP contribution is -2.23. The average molecular weight is 380 g/mol. The Kier molecular flexibility index (Phi) is 4.41. The molecule has 6 nitrogen and oxygen atoms in total. The molecule has 27 heavy (non-hydrogen) atoms. The Labute approximate surface area is 161 Å². The highest BCUT2D eigenvalue weighted by Crippen LogP contribution is 2.30. The van der Waals surface area contributed by atoms with Gasteiger partial charge in [0, 0.05) is 11.6 Å². The van der Waals surface area contributed by atoms with Gasteiger partial charge in [-0.3, -0.25) is 5.41 Å². The minimum Gasteiger partial charge on any atom is -0.508 e. The zero-order valence-corrected chi connectivity index (χ0v) is 15.2. The Balaban J connectivity index is 1.67. The highest BCUT2D eigenvalue weighted by atomic mass is 35.5. The standard InChI is InChI=1S/C20H18ClN5O/c21-16-6-5-14(27)9-15(16)18(22)17-19(23)24-10-25-20(17)26-13-7-11-3-1-2-4-12(11)8-13/h1-6,9-10,13,22,27H,7-8H2,(H3,23,24,25,26). The molecule has 0 radical (unpaired) electrons. The van der Waals surface area contributed by atoms with Crippen LogP contribution in [-0.4, -0.2) is 26.8 Å². The maximum atomic E-state index is 9.77. The van der Waals surface area contributed by atoms with Crippen LogP contribution in [0, 0.1) is 5.41 Å². The fourth-order valence-corrected chi connectivity index (χ4v) is 3.66. The number of halogens is 1. The van der Waals surface area contributed by atoms with Crippen molar-refractivity contribution in [1.29, 1.82) is 5.41 Å². The van der Waals surface area contributed by atoms with E-state index in [1.807, 2.05) is 12.1 Å². The van der Waals surface area contributed by atoms with Crippen LogP contribution < -0.4 is 11.1 Å². The third-order valence-electron chi connectivity index (χ3n) is 4.74. The number of benzene rings is 2. The molecule has 4 rings (SSSR count). The Morgan fingerprint density at radius 3 is 2.56 bits per heavy atom. The molecular weight excluding hydrogens is 362 g/mol. The molecule has 2 aromatic carbocycles. The Hall–Kier alpha value is -3.12. The number of anilines is 2. The van der Waals surface area contributed by atoms with E-state index in [0.29, 0.717) is 22.0 Å². The van der Waals surface area contributed by atoms with Crippen LogP contribution >= 0.6 is 11.6 Å². The molecule has 0 amide bonds. The normalized spacial score (nSPS) is 13.4. The highest BCUT2D eigenvalue weighted by Gasteiger charge is 2.24. The number of aromatic nitrogens is 2. The molecule has 0 spiro atoms. The van der Waals surface area contributed by atoms with Gasteiger partial charge in [0.05, 0.1) is 16.3 Å². The van der Waals surface area contributed by atoms with Crippen LogP contribution in [0.15, 0.2) is 48.8 Å². The number of hydrogen-bond donors (Lipinski definition) is 4. The number of rotatable bonds is 4. The molecule has 0 unspecified atom stereocenters. The number of fused-ring (bicyclic) bond motifs is 1. The van der Waals surface area contributed by atoms with E-state index in [4.69, 9.17) is 22.7 Å². The van der Waals surface area contributed by atoms with Crippen LogP contribution in [0.1, 0.15) is 22.3 Å². The second-order valence-corrected chi connectivity index (χ2v) is 6.95. The Morgan fingerprint density at radius 2 is 1.85 bits per heavy atom. The number of nitrogens with one attached hydrogen (secondary N) is 2. The quantitative estimate of drug-likeness (QED) is 0.519. The molecule has 0 fully saturated rings. The summed E-state index contributed by atoms with van der Waals surface area (Å²) in [6.07, 6.45) is 3.13. The molecular formula is C20H18ClN5O. The maximum absolute atomic E-state index is 9.77. The van der Waals surface area contributed by atoms with Crippen molar-refractivity contribution in [1.82, 2.24) is 9.97 Å². The third kappa shape index (κ3) is 3.31. The minimum absolute atomic E-state index is 0.0234. The van der Waals surface area contributed by atoms with Crippen molar-refractivity contribution in [3.63, 3.8) is 0 Å². The van der Waals surface area contributed by atoms with Crippen LogP contribution in [0.25, 0.3) is 0 Å². The van der Waals surface area contributed by atoms with Crippen molar-refractivity contribution >= 4 is 28.9 Å². The number of aromatic hydroxyl groups is 1. The van der Waals surface area contributed by atoms with E-state index in [1.165, 1.54) is 29.6 Å². The van der Waals surface area contributed by atoms with Crippen LogP contribution in [0.2, 0.25) is 5.02 Å². The van der Waals surface area contributed by atoms with Gasteiger partial charge in [-0.1, -0.05) is 35.9 Å². The molecule has 0 saturated heterocycles. The summed E-state index contributed by atoms with van der Waals surface area (Å²) >= 11 is 6.22. The lowest BCUT2D eigenvalue weighted by Gasteiger charge is -2.18.